The van der Waals surface area contributed by atoms with E-state index in [-0.39, 0.29) is 24.2 Å². The van der Waals surface area contributed by atoms with Gasteiger partial charge < -0.3 is 15.7 Å². The van der Waals surface area contributed by atoms with Gasteiger partial charge in [-0.15, -0.1) is 0 Å². The molecule has 7 heteroatoms. The van der Waals surface area contributed by atoms with Gasteiger partial charge in [0.05, 0.1) is 17.3 Å². The van der Waals surface area contributed by atoms with Crippen LogP contribution in [0.3, 0.4) is 0 Å². The number of anilines is 1. The van der Waals surface area contributed by atoms with Crippen molar-refractivity contribution in [2.45, 2.75) is 12.8 Å². The van der Waals surface area contributed by atoms with E-state index in [2.05, 4.69) is 10.6 Å². The van der Waals surface area contributed by atoms with Crippen LogP contribution in [0.4, 0.5) is 14.9 Å². The molecule has 0 bridgehead atoms. The number of nitriles is 1. The fraction of sp³-hybridized carbons (Fsp3) is 0.250. The molecule has 0 atom stereocenters. The molecule has 3 N–H and O–H groups in total. The van der Waals surface area contributed by atoms with Crippen molar-refractivity contribution in [3.63, 3.8) is 0 Å². The molecule has 1 aromatic rings. The Morgan fingerprint density at radius 2 is 2.16 bits per heavy atom. The number of carbonyl (C=O) groups excluding carboxylic acids is 1. The standard InChI is InChI=1S/C12H12FN3O3/c13-9-6-8(7-14)3-4-10(9)16-12(19)15-5-1-2-11(17)18/h3-4,6H,1-2,5H2,(H,17,18)(H2,15,16,19). The average Bonchev–Trinajstić information content (AvgIpc) is 2.37. The van der Waals surface area contributed by atoms with E-state index >= 15 is 0 Å². The summed E-state index contributed by atoms with van der Waals surface area (Å²) >= 11 is 0. The minimum Gasteiger partial charge on any atom is -0.481 e. The quantitative estimate of drug-likeness (QED) is 0.705. The summed E-state index contributed by atoms with van der Waals surface area (Å²) in [6.45, 7) is 0.177. The second kappa shape index (κ2) is 6.96. The molecule has 1 aromatic carbocycles. The van der Waals surface area contributed by atoms with Crippen molar-refractivity contribution >= 4 is 17.7 Å². The molecule has 1 rings (SSSR count). The number of amides is 2. The zero-order chi connectivity index (χ0) is 14.3. The van der Waals surface area contributed by atoms with E-state index in [1.807, 2.05) is 0 Å². The third kappa shape index (κ3) is 5.04. The number of hydrogen-bond acceptors (Lipinski definition) is 3. The first kappa shape index (κ1) is 14.4. The van der Waals surface area contributed by atoms with Crippen LogP contribution < -0.4 is 10.6 Å². The predicted molar refractivity (Wildman–Crippen MR) is 65.0 cm³/mol. The average molecular weight is 265 g/mol. The summed E-state index contributed by atoms with van der Waals surface area (Å²) in [7, 11) is 0. The van der Waals surface area contributed by atoms with Crippen LogP contribution in [0.1, 0.15) is 18.4 Å². The lowest BCUT2D eigenvalue weighted by Gasteiger charge is -2.07. The summed E-state index contributed by atoms with van der Waals surface area (Å²) in [6, 6.07) is 4.82. The molecule has 0 aliphatic carbocycles. The molecule has 0 unspecified atom stereocenters. The lowest BCUT2D eigenvalue weighted by Crippen LogP contribution is -2.30. The van der Waals surface area contributed by atoms with Crippen LogP contribution in [-0.2, 0) is 4.79 Å². The smallest absolute Gasteiger partial charge is 0.319 e. The fourth-order valence-corrected chi connectivity index (χ4v) is 1.29. The zero-order valence-corrected chi connectivity index (χ0v) is 9.94. The van der Waals surface area contributed by atoms with Crippen molar-refractivity contribution in [1.29, 1.82) is 5.26 Å². The van der Waals surface area contributed by atoms with Gasteiger partial charge in [-0.1, -0.05) is 0 Å². The Bertz CT molecular complexity index is 525. The molecule has 19 heavy (non-hydrogen) atoms. The van der Waals surface area contributed by atoms with E-state index < -0.39 is 17.8 Å². The second-order valence-electron chi connectivity index (χ2n) is 3.68. The number of rotatable bonds is 5. The SMILES string of the molecule is N#Cc1ccc(NC(=O)NCCCC(=O)O)c(F)c1. The third-order valence-corrected chi connectivity index (χ3v) is 2.20. The molecule has 0 saturated heterocycles. The topological polar surface area (TPSA) is 102 Å². The van der Waals surface area contributed by atoms with E-state index in [9.17, 15) is 14.0 Å². The second-order valence-corrected chi connectivity index (χ2v) is 3.68. The van der Waals surface area contributed by atoms with Crippen LogP contribution in [-0.4, -0.2) is 23.7 Å². The van der Waals surface area contributed by atoms with Crippen molar-refractivity contribution in [3.8, 4) is 6.07 Å². The highest BCUT2D eigenvalue weighted by Gasteiger charge is 2.07. The maximum Gasteiger partial charge on any atom is 0.319 e. The van der Waals surface area contributed by atoms with Crippen LogP contribution in [0.25, 0.3) is 0 Å². The minimum absolute atomic E-state index is 0.0465. The minimum atomic E-state index is -0.944. The highest BCUT2D eigenvalue weighted by atomic mass is 19.1. The van der Waals surface area contributed by atoms with Gasteiger partial charge in [0.2, 0.25) is 0 Å². The molecule has 0 heterocycles. The zero-order valence-electron chi connectivity index (χ0n) is 9.94. The number of halogens is 1. The van der Waals surface area contributed by atoms with Crippen molar-refractivity contribution < 1.29 is 19.1 Å². The third-order valence-electron chi connectivity index (χ3n) is 2.20. The van der Waals surface area contributed by atoms with E-state index in [1.54, 1.807) is 6.07 Å². The first-order chi connectivity index (χ1) is 9.02. The maximum absolute atomic E-state index is 13.4. The molecular weight excluding hydrogens is 253 g/mol. The van der Waals surface area contributed by atoms with E-state index in [4.69, 9.17) is 10.4 Å². The molecule has 0 aliphatic rings. The number of nitrogens with zero attached hydrogens (tertiary/aromatic N) is 1. The molecule has 0 fully saturated rings. The number of urea groups is 1. The van der Waals surface area contributed by atoms with Crippen LogP contribution in [0.5, 0.6) is 0 Å². The molecule has 0 radical (unpaired) electrons. The van der Waals surface area contributed by atoms with Crippen LogP contribution in [0.2, 0.25) is 0 Å². The summed E-state index contributed by atoms with van der Waals surface area (Å²) in [5, 5.41) is 21.6. The van der Waals surface area contributed by atoms with Gasteiger partial charge in [-0.25, -0.2) is 9.18 Å². The number of carbonyl (C=O) groups is 2. The Balaban J connectivity index is 2.44. The van der Waals surface area contributed by atoms with E-state index in [0.29, 0.717) is 6.42 Å². The normalized spacial score (nSPS) is 9.47. The van der Waals surface area contributed by atoms with Crippen LogP contribution in [0, 0.1) is 17.1 Å². The van der Waals surface area contributed by atoms with Gasteiger partial charge in [0.15, 0.2) is 0 Å². The molecular formula is C12H12FN3O3. The van der Waals surface area contributed by atoms with E-state index in [1.165, 1.54) is 12.1 Å². The molecule has 0 saturated carbocycles. The summed E-state index contributed by atoms with van der Waals surface area (Å²) in [4.78, 5) is 21.6. The lowest BCUT2D eigenvalue weighted by atomic mass is 10.2. The van der Waals surface area contributed by atoms with Gasteiger partial charge in [0.1, 0.15) is 5.82 Å². The largest absolute Gasteiger partial charge is 0.481 e. The number of aliphatic carboxylic acids is 1. The number of nitrogens with one attached hydrogen (secondary N) is 2. The van der Waals surface area contributed by atoms with Gasteiger partial charge >= 0.3 is 12.0 Å². The van der Waals surface area contributed by atoms with E-state index in [0.717, 1.165) is 6.07 Å². The summed E-state index contributed by atoms with van der Waals surface area (Å²) in [5.41, 5.74) is 0.111. The summed E-state index contributed by atoms with van der Waals surface area (Å²) in [6.07, 6.45) is 0.240. The highest BCUT2D eigenvalue weighted by Crippen LogP contribution is 2.14. The van der Waals surface area contributed by atoms with Crippen molar-refractivity contribution in [2.24, 2.45) is 0 Å². The summed E-state index contributed by atoms with van der Waals surface area (Å²) in [5.74, 6) is -1.65. The molecule has 0 aromatic heterocycles. The fourth-order valence-electron chi connectivity index (χ4n) is 1.29. The Morgan fingerprint density at radius 1 is 1.42 bits per heavy atom. The van der Waals surface area contributed by atoms with Gasteiger partial charge in [-0.3, -0.25) is 4.79 Å². The van der Waals surface area contributed by atoms with Crippen molar-refractivity contribution in [2.75, 3.05) is 11.9 Å². The first-order valence-corrected chi connectivity index (χ1v) is 5.49. The number of benzene rings is 1. The number of carboxylic acid groups (broad SMARTS) is 1. The number of hydrogen-bond donors (Lipinski definition) is 3. The Labute approximate surface area is 108 Å². The van der Waals surface area contributed by atoms with Gasteiger partial charge in [-0.2, -0.15) is 5.26 Å². The van der Waals surface area contributed by atoms with Crippen LogP contribution >= 0.6 is 0 Å². The monoisotopic (exact) mass is 265 g/mol. The lowest BCUT2D eigenvalue weighted by molar-refractivity contribution is -0.137. The summed E-state index contributed by atoms with van der Waals surface area (Å²) < 4.78 is 13.4. The maximum atomic E-state index is 13.4. The van der Waals surface area contributed by atoms with Crippen molar-refractivity contribution in [3.05, 3.63) is 29.6 Å². The Kier molecular flexibility index (Phi) is 5.29. The first-order valence-electron chi connectivity index (χ1n) is 5.49. The van der Waals surface area contributed by atoms with Gasteiger partial charge in [0, 0.05) is 13.0 Å². The molecule has 2 amide bonds. The molecule has 6 nitrogen and oxygen atoms in total. The number of carboxylic acids is 1. The molecule has 0 spiro atoms. The molecule has 100 valence electrons. The van der Waals surface area contributed by atoms with Crippen molar-refractivity contribution in [1.82, 2.24) is 5.32 Å². The highest BCUT2D eigenvalue weighted by molar-refractivity contribution is 5.89. The van der Waals surface area contributed by atoms with Crippen LogP contribution in [0.15, 0.2) is 18.2 Å². The molecule has 0 aliphatic heterocycles. The Morgan fingerprint density at radius 3 is 2.74 bits per heavy atom. The van der Waals surface area contributed by atoms with Gasteiger partial charge in [-0.05, 0) is 24.6 Å². The predicted octanol–water partition coefficient (Wildman–Crippen LogP) is 1.68. The van der Waals surface area contributed by atoms with Gasteiger partial charge in [0.25, 0.3) is 0 Å². The Hall–Kier alpha value is -2.62.